The molecule has 2 aromatic rings. The molecule has 1 saturated heterocycles. The van der Waals surface area contributed by atoms with Gasteiger partial charge in [0.15, 0.2) is 0 Å². The lowest BCUT2D eigenvalue weighted by Crippen LogP contribution is -2.43. The van der Waals surface area contributed by atoms with Crippen LogP contribution >= 0.6 is 0 Å². The summed E-state index contributed by atoms with van der Waals surface area (Å²) in [6.07, 6.45) is 4.22. The van der Waals surface area contributed by atoms with E-state index in [-0.39, 0.29) is 5.60 Å². The van der Waals surface area contributed by atoms with E-state index >= 15 is 0 Å². The van der Waals surface area contributed by atoms with Crippen molar-refractivity contribution >= 4 is 10.9 Å². The number of aromatic nitrogens is 1. The zero-order valence-corrected chi connectivity index (χ0v) is 11.1. The molecule has 3 nitrogen and oxygen atoms in total. The molecule has 3 heteroatoms. The summed E-state index contributed by atoms with van der Waals surface area (Å²) < 4.78 is 8.35. The first-order chi connectivity index (χ1) is 8.66. The van der Waals surface area contributed by atoms with Gasteiger partial charge in [0.2, 0.25) is 0 Å². The fraction of sp³-hybridized carbons (Fsp3) is 0.467. The number of nitrogens with zero attached hydrogens (tertiary/aromatic N) is 1. The molecule has 0 aliphatic carbocycles. The van der Waals surface area contributed by atoms with Crippen molar-refractivity contribution in [2.24, 2.45) is 7.05 Å². The summed E-state index contributed by atoms with van der Waals surface area (Å²) in [4.78, 5) is 0. The van der Waals surface area contributed by atoms with Crippen molar-refractivity contribution in [1.29, 1.82) is 0 Å². The minimum absolute atomic E-state index is 0.0237. The minimum Gasteiger partial charge on any atom is -0.487 e. The lowest BCUT2D eigenvalue weighted by molar-refractivity contribution is 0.0557. The van der Waals surface area contributed by atoms with E-state index in [2.05, 4.69) is 54.3 Å². The van der Waals surface area contributed by atoms with Gasteiger partial charge in [-0.1, -0.05) is 0 Å². The van der Waals surface area contributed by atoms with E-state index < -0.39 is 0 Å². The summed E-state index contributed by atoms with van der Waals surface area (Å²) in [6.45, 7) is 4.30. The van der Waals surface area contributed by atoms with E-state index in [4.69, 9.17) is 4.74 Å². The molecular formula is C15H20N2O. The first-order valence-electron chi connectivity index (χ1n) is 6.61. The Kier molecular flexibility index (Phi) is 2.78. The molecule has 1 aromatic carbocycles. The van der Waals surface area contributed by atoms with E-state index in [0.29, 0.717) is 0 Å². The van der Waals surface area contributed by atoms with Crippen molar-refractivity contribution in [2.45, 2.75) is 25.4 Å². The molecule has 0 spiro atoms. The van der Waals surface area contributed by atoms with Crippen LogP contribution in [0.25, 0.3) is 10.9 Å². The van der Waals surface area contributed by atoms with Crippen molar-refractivity contribution in [1.82, 2.24) is 9.88 Å². The third kappa shape index (κ3) is 2.10. The number of hydrogen-bond acceptors (Lipinski definition) is 2. The summed E-state index contributed by atoms with van der Waals surface area (Å²) >= 11 is 0. The highest BCUT2D eigenvalue weighted by Crippen LogP contribution is 2.28. The summed E-state index contributed by atoms with van der Waals surface area (Å²) in [6, 6.07) is 8.48. The van der Waals surface area contributed by atoms with Gasteiger partial charge < -0.3 is 14.6 Å². The first-order valence-corrected chi connectivity index (χ1v) is 6.61. The van der Waals surface area contributed by atoms with Gasteiger partial charge >= 0.3 is 0 Å². The van der Waals surface area contributed by atoms with Crippen molar-refractivity contribution in [3.8, 4) is 5.75 Å². The number of piperidine rings is 1. The number of rotatable bonds is 2. The van der Waals surface area contributed by atoms with E-state index in [1.165, 1.54) is 10.9 Å². The normalized spacial score (nSPS) is 19.0. The molecule has 0 amide bonds. The molecule has 96 valence electrons. The van der Waals surface area contributed by atoms with E-state index in [1.807, 2.05) is 0 Å². The Labute approximate surface area is 108 Å². The summed E-state index contributed by atoms with van der Waals surface area (Å²) in [5, 5.41) is 4.64. The van der Waals surface area contributed by atoms with Crippen molar-refractivity contribution < 1.29 is 4.74 Å². The maximum atomic E-state index is 6.22. The van der Waals surface area contributed by atoms with Gasteiger partial charge in [0.05, 0.1) is 5.52 Å². The molecule has 1 aliphatic rings. The zero-order valence-electron chi connectivity index (χ0n) is 11.1. The second-order valence-electron chi connectivity index (χ2n) is 5.45. The number of nitrogens with one attached hydrogen (secondary N) is 1. The zero-order chi connectivity index (χ0) is 12.6. The third-order valence-corrected chi connectivity index (χ3v) is 3.89. The molecular weight excluding hydrogens is 224 g/mol. The molecule has 0 bridgehead atoms. The summed E-state index contributed by atoms with van der Waals surface area (Å²) in [7, 11) is 2.07. The van der Waals surface area contributed by atoms with Crippen LogP contribution in [0.5, 0.6) is 5.75 Å². The predicted octanol–water partition coefficient (Wildman–Crippen LogP) is 2.70. The molecule has 2 heterocycles. The average molecular weight is 244 g/mol. The van der Waals surface area contributed by atoms with Gasteiger partial charge in [0, 0.05) is 19.3 Å². The lowest BCUT2D eigenvalue weighted by Gasteiger charge is -2.34. The molecule has 0 saturated carbocycles. The largest absolute Gasteiger partial charge is 0.487 e. The topological polar surface area (TPSA) is 26.2 Å². The monoisotopic (exact) mass is 244 g/mol. The first kappa shape index (κ1) is 11.6. The Hall–Kier alpha value is -1.48. The minimum atomic E-state index is -0.0237. The van der Waals surface area contributed by atoms with E-state index in [9.17, 15) is 0 Å². The molecule has 1 aliphatic heterocycles. The summed E-state index contributed by atoms with van der Waals surface area (Å²) in [5.41, 5.74) is 1.20. The Morgan fingerprint density at radius 1 is 1.22 bits per heavy atom. The van der Waals surface area contributed by atoms with Crippen LogP contribution in [-0.4, -0.2) is 23.3 Å². The maximum absolute atomic E-state index is 6.22. The number of benzene rings is 1. The van der Waals surface area contributed by atoms with Gasteiger partial charge in [-0.3, -0.25) is 0 Å². The molecule has 0 unspecified atom stereocenters. The van der Waals surface area contributed by atoms with E-state index in [1.54, 1.807) is 0 Å². The molecule has 1 fully saturated rings. The van der Waals surface area contributed by atoms with Gasteiger partial charge in [-0.25, -0.2) is 0 Å². The van der Waals surface area contributed by atoms with Crippen LogP contribution in [0.3, 0.4) is 0 Å². The highest BCUT2D eigenvalue weighted by atomic mass is 16.5. The molecule has 1 N–H and O–H groups in total. The fourth-order valence-corrected chi connectivity index (χ4v) is 2.65. The number of ether oxygens (including phenoxy) is 1. The Morgan fingerprint density at radius 3 is 2.78 bits per heavy atom. The second kappa shape index (κ2) is 4.32. The van der Waals surface area contributed by atoms with Crippen LogP contribution in [0.2, 0.25) is 0 Å². The molecule has 3 rings (SSSR count). The van der Waals surface area contributed by atoms with Crippen molar-refractivity contribution in [3.63, 3.8) is 0 Å². The predicted molar refractivity (Wildman–Crippen MR) is 74.1 cm³/mol. The fourth-order valence-electron chi connectivity index (χ4n) is 2.65. The van der Waals surface area contributed by atoms with Crippen LogP contribution in [0, 0.1) is 0 Å². The Morgan fingerprint density at radius 2 is 2.00 bits per heavy atom. The Balaban J connectivity index is 1.87. The van der Waals surface area contributed by atoms with Crippen LogP contribution in [0.15, 0.2) is 30.5 Å². The van der Waals surface area contributed by atoms with Crippen molar-refractivity contribution in [2.75, 3.05) is 13.1 Å². The number of aryl methyl sites for hydroxylation is 1. The van der Waals surface area contributed by atoms with Crippen LogP contribution in [-0.2, 0) is 7.05 Å². The van der Waals surface area contributed by atoms with E-state index in [0.717, 1.165) is 31.7 Å². The highest BCUT2D eigenvalue weighted by Gasteiger charge is 2.28. The van der Waals surface area contributed by atoms with Crippen LogP contribution in [0.1, 0.15) is 19.8 Å². The quantitative estimate of drug-likeness (QED) is 0.879. The smallest absolute Gasteiger partial charge is 0.122 e. The summed E-state index contributed by atoms with van der Waals surface area (Å²) in [5.74, 6) is 0.980. The molecule has 0 radical (unpaired) electrons. The van der Waals surface area contributed by atoms with Gasteiger partial charge in [0.25, 0.3) is 0 Å². The van der Waals surface area contributed by atoms with Gasteiger partial charge in [-0.15, -0.1) is 0 Å². The average Bonchev–Trinajstić information content (AvgIpc) is 2.71. The molecule has 1 aromatic heterocycles. The Bertz CT molecular complexity index is 553. The van der Waals surface area contributed by atoms with Crippen LogP contribution < -0.4 is 10.1 Å². The van der Waals surface area contributed by atoms with Gasteiger partial charge in [-0.05, 0) is 56.4 Å². The molecule has 0 atom stereocenters. The molecule has 18 heavy (non-hydrogen) atoms. The maximum Gasteiger partial charge on any atom is 0.122 e. The standard InChI is InChI=1S/C15H20N2O/c1-15(6-8-16-9-7-15)18-13-4-3-12-5-10-17(2)14(12)11-13/h3-5,10-11,16H,6-9H2,1-2H3. The van der Waals surface area contributed by atoms with Crippen LogP contribution in [0.4, 0.5) is 0 Å². The lowest BCUT2D eigenvalue weighted by atomic mass is 9.94. The van der Waals surface area contributed by atoms with Gasteiger partial charge in [-0.2, -0.15) is 0 Å². The number of fused-ring (bicyclic) bond motifs is 1. The second-order valence-corrected chi connectivity index (χ2v) is 5.45. The van der Waals surface area contributed by atoms with Crippen molar-refractivity contribution in [3.05, 3.63) is 30.5 Å². The number of hydrogen-bond donors (Lipinski definition) is 1. The third-order valence-electron chi connectivity index (χ3n) is 3.89. The van der Waals surface area contributed by atoms with Gasteiger partial charge in [0.1, 0.15) is 11.4 Å². The SMILES string of the molecule is Cn1ccc2ccc(OC3(C)CCNCC3)cc21. The highest BCUT2D eigenvalue weighted by molar-refractivity contribution is 5.81.